The highest BCUT2D eigenvalue weighted by Gasteiger charge is 2.33. The summed E-state index contributed by atoms with van der Waals surface area (Å²) in [6, 6.07) is 17.5. The lowest BCUT2D eigenvalue weighted by atomic mass is 9.94. The number of esters is 1. The maximum absolute atomic E-state index is 12.6. The lowest BCUT2D eigenvalue weighted by Gasteiger charge is -2.29. The van der Waals surface area contributed by atoms with Crippen LogP contribution in [0.5, 0.6) is 0 Å². The van der Waals surface area contributed by atoms with Crippen LogP contribution < -0.4 is 15.5 Å². The summed E-state index contributed by atoms with van der Waals surface area (Å²) < 4.78 is 5.25. The summed E-state index contributed by atoms with van der Waals surface area (Å²) in [5.74, 6) is -0.407. The number of anilines is 1. The van der Waals surface area contributed by atoms with E-state index in [0.717, 1.165) is 24.3 Å². The highest BCUT2D eigenvalue weighted by Crippen LogP contribution is 2.30. The fourth-order valence-corrected chi connectivity index (χ4v) is 3.66. The third-order valence-electron chi connectivity index (χ3n) is 5.19. The number of hydrogen-bond acceptors (Lipinski definition) is 4. The Bertz CT molecular complexity index is 907. The Morgan fingerprint density at radius 1 is 1.03 bits per heavy atom. The number of urea groups is 1. The molecule has 1 heterocycles. The number of nitrogens with one attached hydrogen (secondary N) is 2. The van der Waals surface area contributed by atoms with Gasteiger partial charge in [0.2, 0.25) is 0 Å². The van der Waals surface area contributed by atoms with E-state index >= 15 is 0 Å². The number of ether oxygens (including phenoxy) is 1. The van der Waals surface area contributed by atoms with Crippen LogP contribution in [0.1, 0.15) is 44.4 Å². The van der Waals surface area contributed by atoms with E-state index in [1.165, 1.54) is 5.56 Å². The molecule has 0 aliphatic carbocycles. The van der Waals surface area contributed by atoms with E-state index in [1.54, 1.807) is 6.92 Å². The van der Waals surface area contributed by atoms with Gasteiger partial charge in [0, 0.05) is 24.5 Å². The maximum Gasteiger partial charge on any atom is 0.338 e. The molecule has 0 spiro atoms. The molecule has 30 heavy (non-hydrogen) atoms. The lowest BCUT2D eigenvalue weighted by molar-refractivity contribution is -0.139. The van der Waals surface area contributed by atoms with Crippen molar-refractivity contribution in [2.24, 2.45) is 0 Å². The summed E-state index contributed by atoms with van der Waals surface area (Å²) in [6.45, 7) is 7.77. The Balaban J connectivity index is 1.87. The Morgan fingerprint density at radius 2 is 1.73 bits per heavy atom. The van der Waals surface area contributed by atoms with Gasteiger partial charge in [0.25, 0.3) is 0 Å². The van der Waals surface area contributed by atoms with Crippen LogP contribution in [0.3, 0.4) is 0 Å². The van der Waals surface area contributed by atoms with Crippen LogP contribution in [0.15, 0.2) is 65.9 Å². The average molecular weight is 408 g/mol. The Kier molecular flexibility index (Phi) is 7.12. The molecule has 0 aromatic heterocycles. The highest BCUT2D eigenvalue weighted by molar-refractivity contribution is 5.95. The molecular formula is C24H29N3O3. The summed E-state index contributed by atoms with van der Waals surface area (Å²) in [7, 11) is 0. The summed E-state index contributed by atoms with van der Waals surface area (Å²) in [5, 5.41) is 5.61. The number of carbonyl (C=O) groups excluding carboxylic acids is 2. The molecule has 2 amide bonds. The van der Waals surface area contributed by atoms with Crippen LogP contribution in [0.4, 0.5) is 10.5 Å². The molecule has 2 aromatic rings. The molecule has 2 N–H and O–H groups in total. The zero-order chi connectivity index (χ0) is 21.5. The van der Waals surface area contributed by atoms with E-state index < -0.39 is 12.0 Å². The van der Waals surface area contributed by atoms with Crippen molar-refractivity contribution in [3.63, 3.8) is 0 Å². The van der Waals surface area contributed by atoms with Crippen LogP contribution in [-0.2, 0) is 16.1 Å². The first-order valence-corrected chi connectivity index (χ1v) is 10.4. The van der Waals surface area contributed by atoms with E-state index in [1.807, 2.05) is 49.4 Å². The monoisotopic (exact) mass is 407 g/mol. The van der Waals surface area contributed by atoms with Crippen LogP contribution in [0, 0.1) is 0 Å². The molecule has 2 aromatic carbocycles. The van der Waals surface area contributed by atoms with Crippen LogP contribution in [0.2, 0.25) is 0 Å². The molecule has 1 aliphatic rings. The minimum absolute atomic E-state index is 0.282. The zero-order valence-electron chi connectivity index (χ0n) is 17.8. The normalized spacial score (nSPS) is 16.0. The van der Waals surface area contributed by atoms with Crippen molar-refractivity contribution in [3.8, 4) is 0 Å². The first-order chi connectivity index (χ1) is 14.6. The highest BCUT2D eigenvalue weighted by atomic mass is 16.5. The molecule has 0 bridgehead atoms. The molecule has 1 aliphatic heterocycles. The largest absolute Gasteiger partial charge is 0.463 e. The molecule has 6 nitrogen and oxygen atoms in total. The molecule has 0 saturated carbocycles. The summed E-state index contributed by atoms with van der Waals surface area (Å²) in [6.07, 6.45) is 0.539. The van der Waals surface area contributed by atoms with Gasteiger partial charge in [0.05, 0.1) is 18.2 Å². The smallest absolute Gasteiger partial charge is 0.338 e. The molecule has 0 saturated heterocycles. The SMILES string of the molecule is CCOC(=O)C1=C(CC)NC(=O)NC1c1ccc(N(CC)Cc2ccccc2)cc1. The number of benzene rings is 2. The molecule has 3 rings (SSSR count). The Labute approximate surface area is 177 Å². The summed E-state index contributed by atoms with van der Waals surface area (Å²) >= 11 is 0. The van der Waals surface area contributed by atoms with E-state index in [0.29, 0.717) is 17.7 Å². The fourth-order valence-electron chi connectivity index (χ4n) is 3.66. The van der Waals surface area contributed by atoms with E-state index in [4.69, 9.17) is 4.74 Å². The van der Waals surface area contributed by atoms with Gasteiger partial charge in [0.1, 0.15) is 0 Å². The van der Waals surface area contributed by atoms with Gasteiger partial charge < -0.3 is 20.3 Å². The summed E-state index contributed by atoms with van der Waals surface area (Å²) in [5.41, 5.74) is 4.24. The second-order valence-electron chi connectivity index (χ2n) is 7.09. The molecule has 158 valence electrons. The van der Waals surface area contributed by atoms with Gasteiger partial charge in [0.15, 0.2) is 0 Å². The Morgan fingerprint density at radius 3 is 2.33 bits per heavy atom. The first-order valence-electron chi connectivity index (χ1n) is 10.4. The van der Waals surface area contributed by atoms with E-state index in [-0.39, 0.29) is 12.6 Å². The van der Waals surface area contributed by atoms with Gasteiger partial charge in [-0.25, -0.2) is 9.59 Å². The maximum atomic E-state index is 12.6. The molecule has 0 radical (unpaired) electrons. The average Bonchev–Trinajstić information content (AvgIpc) is 2.77. The second-order valence-corrected chi connectivity index (χ2v) is 7.09. The number of amides is 2. The summed E-state index contributed by atoms with van der Waals surface area (Å²) in [4.78, 5) is 27.0. The molecular weight excluding hydrogens is 378 g/mol. The second kappa shape index (κ2) is 9.96. The number of carbonyl (C=O) groups is 2. The van der Waals surface area contributed by atoms with Crippen molar-refractivity contribution in [1.82, 2.24) is 10.6 Å². The molecule has 6 heteroatoms. The number of allylic oxidation sites excluding steroid dienone is 1. The van der Waals surface area contributed by atoms with Crippen molar-refractivity contribution >= 4 is 17.7 Å². The Hall–Kier alpha value is -3.28. The van der Waals surface area contributed by atoms with Gasteiger partial charge in [-0.05, 0) is 43.5 Å². The first kappa shape index (κ1) is 21.4. The van der Waals surface area contributed by atoms with Gasteiger partial charge in [-0.1, -0.05) is 49.4 Å². The predicted molar refractivity (Wildman–Crippen MR) is 118 cm³/mol. The quantitative estimate of drug-likeness (QED) is 0.641. The van der Waals surface area contributed by atoms with Crippen molar-refractivity contribution in [3.05, 3.63) is 77.0 Å². The fraction of sp³-hybridized carbons (Fsp3) is 0.333. The van der Waals surface area contributed by atoms with Gasteiger partial charge >= 0.3 is 12.0 Å². The molecule has 0 fully saturated rings. The predicted octanol–water partition coefficient (Wildman–Crippen LogP) is 4.29. The van der Waals surface area contributed by atoms with Crippen LogP contribution in [0.25, 0.3) is 0 Å². The number of rotatable bonds is 8. The van der Waals surface area contributed by atoms with Crippen molar-refractivity contribution in [2.45, 2.75) is 39.8 Å². The third kappa shape index (κ3) is 4.82. The van der Waals surface area contributed by atoms with Crippen LogP contribution in [-0.4, -0.2) is 25.2 Å². The van der Waals surface area contributed by atoms with Gasteiger partial charge in [-0.3, -0.25) is 0 Å². The minimum atomic E-state index is -0.536. The zero-order valence-corrected chi connectivity index (χ0v) is 17.8. The topological polar surface area (TPSA) is 70.7 Å². The number of hydrogen-bond donors (Lipinski definition) is 2. The van der Waals surface area contributed by atoms with E-state index in [9.17, 15) is 9.59 Å². The third-order valence-corrected chi connectivity index (χ3v) is 5.19. The molecule has 1 unspecified atom stereocenters. The standard InChI is InChI=1S/C24H29N3O3/c1-4-20-21(23(28)30-6-3)22(26-24(29)25-20)18-12-14-19(15-13-18)27(5-2)16-17-10-8-7-9-11-17/h7-15,22H,4-6,16H2,1-3H3,(H2,25,26,29). The van der Waals surface area contributed by atoms with Crippen LogP contribution >= 0.6 is 0 Å². The number of nitrogens with zero attached hydrogens (tertiary/aromatic N) is 1. The van der Waals surface area contributed by atoms with Crippen molar-refractivity contribution < 1.29 is 14.3 Å². The lowest BCUT2D eigenvalue weighted by Crippen LogP contribution is -2.45. The van der Waals surface area contributed by atoms with Crippen molar-refractivity contribution in [1.29, 1.82) is 0 Å². The van der Waals surface area contributed by atoms with E-state index in [2.05, 4.69) is 34.6 Å². The van der Waals surface area contributed by atoms with Gasteiger partial charge in [-0.2, -0.15) is 0 Å². The van der Waals surface area contributed by atoms with Crippen molar-refractivity contribution in [2.75, 3.05) is 18.1 Å². The minimum Gasteiger partial charge on any atom is -0.463 e. The van der Waals surface area contributed by atoms with Gasteiger partial charge in [-0.15, -0.1) is 0 Å². The molecule has 1 atom stereocenters.